The summed E-state index contributed by atoms with van der Waals surface area (Å²) in [5, 5.41) is 17.0. The summed E-state index contributed by atoms with van der Waals surface area (Å²) in [6.07, 6.45) is 5.41. The van der Waals surface area contributed by atoms with E-state index in [1.807, 2.05) is 0 Å². The number of rotatable bonds is 4. The van der Waals surface area contributed by atoms with Crippen molar-refractivity contribution in [2.24, 2.45) is 5.92 Å². The summed E-state index contributed by atoms with van der Waals surface area (Å²) in [5.41, 5.74) is -0.359. The highest BCUT2D eigenvalue weighted by Gasteiger charge is 2.47. The maximum absolute atomic E-state index is 12.5. The van der Waals surface area contributed by atoms with E-state index in [1.165, 1.54) is 12.8 Å². The summed E-state index contributed by atoms with van der Waals surface area (Å²) >= 11 is 0. The van der Waals surface area contributed by atoms with Gasteiger partial charge in [-0.1, -0.05) is 0 Å². The monoisotopic (exact) mass is 309 g/mol. The molecule has 22 heavy (non-hydrogen) atoms. The molecule has 1 spiro atoms. The first-order valence-corrected chi connectivity index (χ1v) is 8.64. The number of hydrogen-bond acceptors (Lipinski definition) is 5. The third-order valence-electron chi connectivity index (χ3n) is 5.73. The molecule has 3 aliphatic heterocycles. The van der Waals surface area contributed by atoms with Crippen LogP contribution in [0, 0.1) is 5.92 Å². The fourth-order valence-electron chi connectivity index (χ4n) is 4.17. The molecular weight excluding hydrogens is 282 g/mol. The van der Waals surface area contributed by atoms with Gasteiger partial charge in [-0.15, -0.1) is 0 Å². The number of ether oxygens (including phenoxy) is 1. The van der Waals surface area contributed by atoms with Crippen molar-refractivity contribution in [3.05, 3.63) is 0 Å². The van der Waals surface area contributed by atoms with Gasteiger partial charge < -0.3 is 20.5 Å². The summed E-state index contributed by atoms with van der Waals surface area (Å²) in [4.78, 5) is 14.8. The molecule has 1 saturated carbocycles. The SMILES string of the molecule is O=C(N[C@@H]1CCN(CC2(O)COC2)C1)C1CCNC2(CC2)C1. The Labute approximate surface area is 131 Å². The van der Waals surface area contributed by atoms with E-state index in [-0.39, 0.29) is 17.9 Å². The van der Waals surface area contributed by atoms with Crippen molar-refractivity contribution < 1.29 is 14.6 Å². The number of β-amino-alcohol motifs (C(OH)–C–C–N with tert-alkyl or cyclic N) is 1. The Kier molecular flexibility index (Phi) is 3.68. The zero-order valence-electron chi connectivity index (χ0n) is 13.1. The second kappa shape index (κ2) is 5.44. The van der Waals surface area contributed by atoms with Crippen molar-refractivity contribution in [3.8, 4) is 0 Å². The summed E-state index contributed by atoms with van der Waals surface area (Å²) in [6.45, 7) is 4.32. The maximum Gasteiger partial charge on any atom is 0.223 e. The zero-order chi connectivity index (χ0) is 15.2. The third-order valence-corrected chi connectivity index (χ3v) is 5.73. The lowest BCUT2D eigenvalue weighted by molar-refractivity contribution is -0.185. The Morgan fingerprint density at radius 3 is 2.86 bits per heavy atom. The topological polar surface area (TPSA) is 73.8 Å². The summed E-state index contributed by atoms with van der Waals surface area (Å²) < 4.78 is 5.09. The molecule has 4 aliphatic rings. The molecule has 4 rings (SSSR count). The number of likely N-dealkylation sites (tertiary alicyclic amines) is 1. The predicted octanol–water partition coefficient (Wildman–Crippen LogP) is -0.530. The van der Waals surface area contributed by atoms with E-state index < -0.39 is 5.60 Å². The molecule has 3 N–H and O–H groups in total. The van der Waals surface area contributed by atoms with Crippen LogP contribution in [-0.4, -0.2) is 72.5 Å². The van der Waals surface area contributed by atoms with Gasteiger partial charge in [0, 0.05) is 37.1 Å². The van der Waals surface area contributed by atoms with Gasteiger partial charge in [-0.3, -0.25) is 9.69 Å². The van der Waals surface area contributed by atoms with Gasteiger partial charge >= 0.3 is 0 Å². The lowest BCUT2D eigenvalue weighted by Gasteiger charge is -2.39. The van der Waals surface area contributed by atoms with Crippen LogP contribution in [0.25, 0.3) is 0 Å². The van der Waals surface area contributed by atoms with Crippen LogP contribution in [0.15, 0.2) is 0 Å². The van der Waals surface area contributed by atoms with E-state index in [2.05, 4.69) is 15.5 Å². The predicted molar refractivity (Wildman–Crippen MR) is 81.4 cm³/mol. The minimum Gasteiger partial charge on any atom is -0.384 e. The number of nitrogens with zero attached hydrogens (tertiary/aromatic N) is 1. The van der Waals surface area contributed by atoms with Crippen LogP contribution in [0.3, 0.4) is 0 Å². The number of amides is 1. The molecule has 0 radical (unpaired) electrons. The van der Waals surface area contributed by atoms with Gasteiger partial charge in [-0.25, -0.2) is 0 Å². The minimum absolute atomic E-state index is 0.182. The van der Waals surface area contributed by atoms with Crippen LogP contribution >= 0.6 is 0 Å². The molecule has 0 aromatic heterocycles. The summed E-state index contributed by atoms with van der Waals surface area (Å²) in [5.74, 6) is 0.423. The minimum atomic E-state index is -0.660. The van der Waals surface area contributed by atoms with Gasteiger partial charge in [0.2, 0.25) is 5.91 Å². The van der Waals surface area contributed by atoms with E-state index in [0.29, 0.717) is 25.3 Å². The Balaban J connectivity index is 1.24. The van der Waals surface area contributed by atoms with Crippen LogP contribution in [0.2, 0.25) is 0 Å². The highest BCUT2D eigenvalue weighted by atomic mass is 16.5. The second-order valence-electron chi connectivity index (χ2n) is 7.84. The van der Waals surface area contributed by atoms with E-state index in [9.17, 15) is 9.90 Å². The summed E-state index contributed by atoms with van der Waals surface area (Å²) in [7, 11) is 0. The largest absolute Gasteiger partial charge is 0.384 e. The quantitative estimate of drug-likeness (QED) is 0.651. The van der Waals surface area contributed by atoms with Crippen LogP contribution in [0.4, 0.5) is 0 Å². The van der Waals surface area contributed by atoms with Gasteiger partial charge in [0.1, 0.15) is 5.60 Å². The first kappa shape index (κ1) is 14.9. The molecule has 3 heterocycles. The number of carbonyl (C=O) groups excluding carboxylic acids is 1. The zero-order valence-corrected chi connectivity index (χ0v) is 13.1. The standard InChI is InChI=1S/C16H27N3O3/c20-14(12-1-5-17-15(7-12)3-4-15)18-13-2-6-19(8-13)9-16(21)10-22-11-16/h12-13,17,21H,1-11H2,(H,18,20)/t12?,13-/m1/s1. The van der Waals surface area contributed by atoms with Crippen molar-refractivity contribution in [3.63, 3.8) is 0 Å². The van der Waals surface area contributed by atoms with Crippen molar-refractivity contribution in [2.45, 2.75) is 49.3 Å². The molecule has 0 aromatic carbocycles. The molecule has 1 aliphatic carbocycles. The fraction of sp³-hybridized carbons (Fsp3) is 0.938. The number of aliphatic hydroxyl groups is 1. The number of hydrogen-bond donors (Lipinski definition) is 3. The van der Waals surface area contributed by atoms with Crippen LogP contribution in [-0.2, 0) is 9.53 Å². The van der Waals surface area contributed by atoms with Gasteiger partial charge in [0.15, 0.2) is 0 Å². The molecule has 3 saturated heterocycles. The van der Waals surface area contributed by atoms with Gasteiger partial charge in [-0.2, -0.15) is 0 Å². The lowest BCUT2D eigenvalue weighted by Crippen LogP contribution is -2.57. The first-order valence-electron chi connectivity index (χ1n) is 8.64. The summed E-state index contributed by atoms with van der Waals surface area (Å²) in [6, 6.07) is 0.238. The molecule has 6 nitrogen and oxygen atoms in total. The van der Waals surface area contributed by atoms with E-state index in [4.69, 9.17) is 4.74 Å². The van der Waals surface area contributed by atoms with Crippen molar-refractivity contribution in [1.29, 1.82) is 0 Å². The number of carbonyl (C=O) groups is 1. The molecule has 4 fully saturated rings. The fourth-order valence-corrected chi connectivity index (χ4v) is 4.17. The smallest absolute Gasteiger partial charge is 0.223 e. The van der Waals surface area contributed by atoms with Gasteiger partial charge in [0.25, 0.3) is 0 Å². The highest BCUT2D eigenvalue weighted by Crippen LogP contribution is 2.44. The molecule has 2 atom stereocenters. The third kappa shape index (κ3) is 3.02. The Hall–Kier alpha value is -0.690. The molecule has 0 aromatic rings. The lowest BCUT2D eigenvalue weighted by atomic mass is 9.90. The first-order chi connectivity index (χ1) is 10.6. The van der Waals surface area contributed by atoms with Crippen molar-refractivity contribution >= 4 is 5.91 Å². The van der Waals surface area contributed by atoms with Gasteiger partial charge in [-0.05, 0) is 38.6 Å². The Morgan fingerprint density at radius 2 is 2.18 bits per heavy atom. The highest BCUT2D eigenvalue weighted by molar-refractivity contribution is 5.79. The second-order valence-corrected chi connectivity index (χ2v) is 7.84. The molecule has 1 unspecified atom stereocenters. The van der Waals surface area contributed by atoms with E-state index in [1.54, 1.807) is 0 Å². The number of piperidine rings is 1. The van der Waals surface area contributed by atoms with Crippen molar-refractivity contribution in [1.82, 2.24) is 15.5 Å². The molecular formula is C16H27N3O3. The van der Waals surface area contributed by atoms with E-state index >= 15 is 0 Å². The average molecular weight is 309 g/mol. The van der Waals surface area contributed by atoms with Crippen molar-refractivity contribution in [2.75, 3.05) is 39.4 Å². The molecule has 0 bridgehead atoms. The Morgan fingerprint density at radius 1 is 1.36 bits per heavy atom. The number of nitrogens with one attached hydrogen (secondary N) is 2. The molecule has 6 heteroatoms. The normalized spacial score (nSPS) is 36.0. The average Bonchev–Trinajstić information content (AvgIpc) is 3.06. The van der Waals surface area contributed by atoms with Crippen LogP contribution in [0.5, 0.6) is 0 Å². The maximum atomic E-state index is 12.5. The van der Waals surface area contributed by atoms with E-state index in [0.717, 1.165) is 38.9 Å². The van der Waals surface area contributed by atoms with Crippen LogP contribution in [0.1, 0.15) is 32.1 Å². The van der Waals surface area contributed by atoms with Gasteiger partial charge in [0.05, 0.1) is 13.2 Å². The van der Waals surface area contributed by atoms with Crippen LogP contribution < -0.4 is 10.6 Å². The molecule has 124 valence electrons. The Bertz CT molecular complexity index is 448. The molecule has 1 amide bonds.